The fourth-order valence-electron chi connectivity index (χ4n) is 3.09. The van der Waals surface area contributed by atoms with Crippen LogP contribution in [0, 0.1) is 18.3 Å². The van der Waals surface area contributed by atoms with E-state index < -0.39 is 11.7 Å². The third-order valence-electron chi connectivity index (χ3n) is 4.66. The molecule has 1 N–H and O–H groups in total. The Bertz CT molecular complexity index is 992. The third-order valence-corrected chi connectivity index (χ3v) is 4.94. The average Bonchev–Trinajstić information content (AvgIpc) is 3.32. The number of rotatable bonds is 3. The smallest absolute Gasteiger partial charge is 0.395 e. The van der Waals surface area contributed by atoms with Crippen molar-refractivity contribution >= 4 is 23.3 Å². The Morgan fingerprint density at radius 1 is 1.30 bits per heavy atom. The van der Waals surface area contributed by atoms with Gasteiger partial charge in [0.05, 0.1) is 11.0 Å². The van der Waals surface area contributed by atoms with Crippen molar-refractivity contribution in [1.29, 1.82) is 5.26 Å². The van der Waals surface area contributed by atoms with Crippen LogP contribution >= 0.6 is 11.6 Å². The maximum Gasteiger partial charge on any atom is 0.586 e. The summed E-state index contributed by atoms with van der Waals surface area (Å²) in [7, 11) is 0. The van der Waals surface area contributed by atoms with E-state index >= 15 is 0 Å². The topological polar surface area (TPSA) is 84.2 Å². The molecule has 1 fully saturated rings. The molecule has 0 radical (unpaired) electrons. The molecule has 0 saturated heterocycles. The number of aromatic nitrogens is 1. The average molecular weight is 392 g/mol. The lowest BCUT2D eigenvalue weighted by molar-refractivity contribution is -0.286. The van der Waals surface area contributed by atoms with Crippen molar-refractivity contribution in [1.82, 2.24) is 4.98 Å². The Balaban J connectivity index is 1.59. The van der Waals surface area contributed by atoms with Gasteiger partial charge >= 0.3 is 6.29 Å². The number of carbonyl (C=O) groups excluding carboxylic acids is 1. The molecule has 0 spiro atoms. The molecule has 138 valence electrons. The number of benzene rings is 1. The van der Waals surface area contributed by atoms with Crippen molar-refractivity contribution in [3.05, 3.63) is 46.1 Å². The van der Waals surface area contributed by atoms with Gasteiger partial charge in [0, 0.05) is 0 Å². The summed E-state index contributed by atoms with van der Waals surface area (Å²) in [5.74, 6) is -0.288. The normalized spacial score (nSPS) is 17.9. The quantitative estimate of drug-likeness (QED) is 0.802. The number of nitriles is 1. The van der Waals surface area contributed by atoms with E-state index in [0.29, 0.717) is 24.0 Å². The molecule has 2 heterocycles. The molecular weight excluding hydrogens is 380 g/mol. The highest BCUT2D eigenvalue weighted by molar-refractivity contribution is 6.30. The zero-order valence-electron chi connectivity index (χ0n) is 14.0. The zero-order chi connectivity index (χ0) is 19.4. The zero-order valence-corrected chi connectivity index (χ0v) is 14.7. The van der Waals surface area contributed by atoms with E-state index in [1.165, 1.54) is 12.1 Å². The molecule has 6 nitrogen and oxygen atoms in total. The molecule has 27 heavy (non-hydrogen) atoms. The molecule has 1 aromatic carbocycles. The summed E-state index contributed by atoms with van der Waals surface area (Å²) in [5.41, 5.74) is 0.527. The highest BCUT2D eigenvalue weighted by Crippen LogP contribution is 2.52. The monoisotopic (exact) mass is 391 g/mol. The van der Waals surface area contributed by atoms with Crippen LogP contribution in [0.4, 0.5) is 14.6 Å². The number of amides is 1. The standard InChI is InChI=1S/C18H12ClF2N3O3/c1-9-6-14(23-15(19)11(9)8-22)24-16(25)17(4-5-17)10-2-3-12-13(7-10)27-18(20,21)26-12/h2-3,6-7H,4-5H2,1H3,(H,23,24,25). The van der Waals surface area contributed by atoms with Gasteiger partial charge in [-0.1, -0.05) is 17.7 Å². The molecule has 1 aliphatic heterocycles. The number of aryl methyl sites for hydroxylation is 1. The molecule has 0 unspecified atom stereocenters. The molecule has 1 aliphatic carbocycles. The van der Waals surface area contributed by atoms with Crippen molar-refractivity contribution in [2.75, 3.05) is 5.32 Å². The predicted octanol–water partition coefficient (Wildman–Crippen LogP) is 3.91. The second-order valence-electron chi connectivity index (χ2n) is 6.47. The lowest BCUT2D eigenvalue weighted by atomic mass is 9.94. The molecular formula is C18H12ClF2N3O3. The Morgan fingerprint density at radius 2 is 2.00 bits per heavy atom. The molecule has 4 rings (SSSR count). The van der Waals surface area contributed by atoms with Crippen LogP contribution in [0.3, 0.4) is 0 Å². The number of fused-ring (bicyclic) bond motifs is 1. The van der Waals surface area contributed by atoms with Crippen LogP contribution in [0.5, 0.6) is 11.5 Å². The van der Waals surface area contributed by atoms with Gasteiger partial charge in [0.25, 0.3) is 0 Å². The van der Waals surface area contributed by atoms with Crippen molar-refractivity contribution in [3.8, 4) is 17.6 Å². The SMILES string of the molecule is Cc1cc(NC(=O)C2(c3ccc4c(c3)OC(F)(F)O4)CC2)nc(Cl)c1C#N. The van der Waals surface area contributed by atoms with Gasteiger partial charge in [0.15, 0.2) is 11.5 Å². The van der Waals surface area contributed by atoms with Gasteiger partial charge in [-0.2, -0.15) is 5.26 Å². The van der Waals surface area contributed by atoms with E-state index in [2.05, 4.69) is 19.8 Å². The number of hydrogen-bond donors (Lipinski definition) is 1. The minimum Gasteiger partial charge on any atom is -0.395 e. The number of hydrogen-bond acceptors (Lipinski definition) is 5. The second-order valence-corrected chi connectivity index (χ2v) is 6.83. The van der Waals surface area contributed by atoms with E-state index in [4.69, 9.17) is 16.9 Å². The predicted molar refractivity (Wildman–Crippen MR) is 90.9 cm³/mol. The van der Waals surface area contributed by atoms with Crippen LogP contribution in [0.1, 0.15) is 29.5 Å². The number of alkyl halides is 2. The second kappa shape index (κ2) is 5.79. The summed E-state index contributed by atoms with van der Waals surface area (Å²) in [5, 5.41) is 11.7. The van der Waals surface area contributed by atoms with E-state index in [1.807, 2.05) is 6.07 Å². The molecule has 1 aromatic heterocycles. The molecule has 0 bridgehead atoms. The van der Waals surface area contributed by atoms with Crippen molar-refractivity contribution in [3.63, 3.8) is 0 Å². The number of nitrogens with one attached hydrogen (secondary N) is 1. The Labute approximate surface area is 157 Å². The highest BCUT2D eigenvalue weighted by atomic mass is 35.5. The minimum absolute atomic E-state index is 0.00274. The largest absolute Gasteiger partial charge is 0.586 e. The number of carbonyl (C=O) groups is 1. The molecule has 2 aliphatic rings. The molecule has 2 aromatic rings. The van der Waals surface area contributed by atoms with Gasteiger partial charge in [-0.05, 0) is 49.1 Å². The van der Waals surface area contributed by atoms with E-state index in [9.17, 15) is 13.6 Å². The van der Waals surface area contributed by atoms with Crippen LogP contribution in [-0.4, -0.2) is 17.2 Å². The first-order valence-electron chi connectivity index (χ1n) is 8.03. The first-order valence-corrected chi connectivity index (χ1v) is 8.41. The van der Waals surface area contributed by atoms with E-state index in [0.717, 1.165) is 0 Å². The van der Waals surface area contributed by atoms with Crippen molar-refractivity contribution in [2.45, 2.75) is 31.5 Å². The lowest BCUT2D eigenvalue weighted by Gasteiger charge is -2.16. The molecule has 0 atom stereocenters. The highest BCUT2D eigenvalue weighted by Gasteiger charge is 2.53. The summed E-state index contributed by atoms with van der Waals surface area (Å²) in [6.45, 7) is 1.69. The number of nitrogens with zero attached hydrogens (tertiary/aromatic N) is 2. The first kappa shape index (κ1) is 17.5. The van der Waals surface area contributed by atoms with Crippen molar-refractivity contribution in [2.24, 2.45) is 0 Å². The fraction of sp³-hybridized carbons (Fsp3) is 0.278. The molecule has 9 heteroatoms. The minimum atomic E-state index is -3.71. The first-order chi connectivity index (χ1) is 12.7. The van der Waals surface area contributed by atoms with E-state index in [-0.39, 0.29) is 33.9 Å². The van der Waals surface area contributed by atoms with Crippen LogP contribution in [0.2, 0.25) is 5.15 Å². The van der Waals surface area contributed by atoms with Crippen LogP contribution in [0.15, 0.2) is 24.3 Å². The van der Waals surface area contributed by atoms with Gasteiger partial charge in [-0.15, -0.1) is 8.78 Å². The van der Waals surface area contributed by atoms with Crippen LogP contribution < -0.4 is 14.8 Å². The van der Waals surface area contributed by atoms with E-state index in [1.54, 1.807) is 19.1 Å². The Kier molecular flexibility index (Phi) is 3.75. The Hall–Kier alpha value is -2.92. The molecule has 1 amide bonds. The summed E-state index contributed by atoms with van der Waals surface area (Å²) >= 11 is 5.97. The molecule has 1 saturated carbocycles. The summed E-state index contributed by atoms with van der Waals surface area (Å²) in [6, 6.07) is 7.83. The van der Waals surface area contributed by atoms with Crippen LogP contribution in [0.25, 0.3) is 0 Å². The number of pyridine rings is 1. The maximum atomic E-state index is 13.2. The summed E-state index contributed by atoms with van der Waals surface area (Å²) in [6.07, 6.45) is -2.60. The number of ether oxygens (including phenoxy) is 2. The Morgan fingerprint density at radius 3 is 2.63 bits per heavy atom. The fourth-order valence-corrected chi connectivity index (χ4v) is 3.37. The summed E-state index contributed by atoms with van der Waals surface area (Å²) < 4.78 is 35.2. The van der Waals surface area contributed by atoms with Crippen LogP contribution in [-0.2, 0) is 10.2 Å². The van der Waals surface area contributed by atoms with Gasteiger partial charge in [0.2, 0.25) is 5.91 Å². The van der Waals surface area contributed by atoms with Crippen molar-refractivity contribution < 1.29 is 23.0 Å². The number of halogens is 3. The van der Waals surface area contributed by atoms with Gasteiger partial charge in [0.1, 0.15) is 17.0 Å². The van der Waals surface area contributed by atoms with Gasteiger partial charge in [-0.3, -0.25) is 4.79 Å². The van der Waals surface area contributed by atoms with Gasteiger partial charge in [-0.25, -0.2) is 4.98 Å². The lowest BCUT2D eigenvalue weighted by Crippen LogP contribution is -2.28. The third kappa shape index (κ3) is 2.94. The van der Waals surface area contributed by atoms with Gasteiger partial charge < -0.3 is 14.8 Å². The summed E-state index contributed by atoms with van der Waals surface area (Å²) in [4.78, 5) is 16.8. The maximum absolute atomic E-state index is 13.2. The number of anilines is 1.